The minimum absolute atomic E-state index is 0.0294. The molecule has 0 spiro atoms. The first-order valence-corrected chi connectivity index (χ1v) is 5.07. The molecular formula is C10H18O4. The van der Waals surface area contributed by atoms with Crippen LogP contribution < -0.4 is 0 Å². The van der Waals surface area contributed by atoms with Crippen molar-refractivity contribution in [2.75, 3.05) is 0 Å². The average Bonchev–Trinajstić information content (AvgIpc) is 2.50. The van der Waals surface area contributed by atoms with E-state index in [1.165, 1.54) is 0 Å². The van der Waals surface area contributed by atoms with E-state index in [-0.39, 0.29) is 18.3 Å². The van der Waals surface area contributed by atoms with Gasteiger partial charge in [-0.25, -0.2) is 0 Å². The summed E-state index contributed by atoms with van der Waals surface area (Å²) in [6.45, 7) is 3.38. The summed E-state index contributed by atoms with van der Waals surface area (Å²) in [6.07, 6.45) is 1.71. The van der Waals surface area contributed by atoms with Crippen LogP contribution in [-0.2, 0) is 9.53 Å². The van der Waals surface area contributed by atoms with Gasteiger partial charge in [-0.05, 0) is 33.1 Å². The fourth-order valence-electron chi connectivity index (χ4n) is 1.81. The van der Waals surface area contributed by atoms with Crippen LogP contribution in [0.1, 0.15) is 33.1 Å². The zero-order valence-corrected chi connectivity index (χ0v) is 8.64. The molecule has 0 unspecified atom stereocenters. The highest BCUT2D eigenvalue weighted by molar-refractivity contribution is 5.70. The molecule has 1 fully saturated rings. The van der Waals surface area contributed by atoms with Crippen molar-refractivity contribution in [3.05, 3.63) is 0 Å². The van der Waals surface area contributed by atoms with Crippen LogP contribution in [0.3, 0.4) is 0 Å². The van der Waals surface area contributed by atoms with Gasteiger partial charge in [0.2, 0.25) is 0 Å². The molecule has 1 heterocycles. The lowest BCUT2D eigenvalue weighted by atomic mass is 10.0. The average molecular weight is 202 g/mol. The van der Waals surface area contributed by atoms with Crippen molar-refractivity contribution in [1.82, 2.24) is 0 Å². The molecule has 0 saturated carbocycles. The third-order valence-electron chi connectivity index (χ3n) is 2.69. The molecule has 2 N–H and O–H groups in total. The highest BCUT2D eigenvalue weighted by Gasteiger charge is 2.33. The van der Waals surface area contributed by atoms with Crippen LogP contribution in [0.4, 0.5) is 0 Å². The maximum atomic E-state index is 10.7. The van der Waals surface area contributed by atoms with E-state index in [9.17, 15) is 4.79 Å². The second-order valence-corrected chi connectivity index (χ2v) is 4.09. The van der Waals surface area contributed by atoms with E-state index < -0.39 is 11.9 Å². The van der Waals surface area contributed by atoms with E-state index >= 15 is 0 Å². The highest BCUT2D eigenvalue weighted by Crippen LogP contribution is 2.27. The van der Waals surface area contributed by atoms with Gasteiger partial charge in [0.1, 0.15) is 0 Å². The van der Waals surface area contributed by atoms with Crippen LogP contribution in [0.2, 0.25) is 0 Å². The molecule has 4 nitrogen and oxygen atoms in total. The Balaban J connectivity index is 2.37. The monoisotopic (exact) mass is 202 g/mol. The molecular weight excluding hydrogens is 184 g/mol. The maximum absolute atomic E-state index is 10.7. The molecule has 4 atom stereocenters. The summed E-state index contributed by atoms with van der Waals surface area (Å²) < 4.78 is 5.55. The number of rotatable bonds is 4. The smallest absolute Gasteiger partial charge is 0.308 e. The summed E-state index contributed by atoms with van der Waals surface area (Å²) >= 11 is 0. The maximum Gasteiger partial charge on any atom is 0.308 e. The van der Waals surface area contributed by atoms with Gasteiger partial charge in [0, 0.05) is 0 Å². The largest absolute Gasteiger partial charge is 0.481 e. The Morgan fingerprint density at radius 2 is 2.14 bits per heavy atom. The molecule has 0 bridgehead atoms. The molecule has 14 heavy (non-hydrogen) atoms. The number of aliphatic hydroxyl groups is 1. The van der Waals surface area contributed by atoms with Crippen LogP contribution in [0, 0.1) is 5.92 Å². The SMILES string of the molecule is C[C@@H](O)C[C@H]1CC[C@@H]([C@@H](C)C(=O)O)O1. The third-order valence-corrected chi connectivity index (χ3v) is 2.69. The van der Waals surface area contributed by atoms with Gasteiger partial charge in [-0.15, -0.1) is 0 Å². The standard InChI is InChI=1S/C10H18O4/c1-6(11)5-8-3-4-9(14-8)7(2)10(12)13/h6-9,11H,3-5H2,1-2H3,(H,12,13)/t6-,7-,8-,9+/m1/s1. The van der Waals surface area contributed by atoms with Crippen LogP contribution in [-0.4, -0.2) is 34.5 Å². The van der Waals surface area contributed by atoms with Crippen LogP contribution >= 0.6 is 0 Å². The number of carbonyl (C=O) groups is 1. The van der Waals surface area contributed by atoms with E-state index in [0.717, 1.165) is 12.8 Å². The molecule has 1 rings (SSSR count). The summed E-state index contributed by atoms with van der Waals surface area (Å²) in [5, 5.41) is 17.9. The molecule has 4 heteroatoms. The number of aliphatic carboxylic acids is 1. The van der Waals surface area contributed by atoms with Crippen molar-refractivity contribution in [2.24, 2.45) is 5.92 Å². The Bertz CT molecular complexity index is 202. The fraction of sp³-hybridized carbons (Fsp3) is 0.900. The predicted octanol–water partition coefficient (Wildman–Crippen LogP) is 1.03. The molecule has 1 aliphatic heterocycles. The first-order valence-electron chi connectivity index (χ1n) is 5.07. The van der Waals surface area contributed by atoms with Gasteiger partial charge in [0.05, 0.1) is 24.2 Å². The van der Waals surface area contributed by atoms with Crippen molar-refractivity contribution >= 4 is 5.97 Å². The van der Waals surface area contributed by atoms with Gasteiger partial charge < -0.3 is 14.9 Å². The lowest BCUT2D eigenvalue weighted by Crippen LogP contribution is -2.26. The molecule has 1 saturated heterocycles. The number of carboxylic acids is 1. The summed E-state index contributed by atoms with van der Waals surface area (Å²) in [7, 11) is 0. The molecule has 0 aromatic heterocycles. The van der Waals surface area contributed by atoms with Crippen molar-refractivity contribution in [2.45, 2.75) is 51.4 Å². The normalized spacial score (nSPS) is 31.4. The Morgan fingerprint density at radius 1 is 1.50 bits per heavy atom. The van der Waals surface area contributed by atoms with E-state index in [0.29, 0.717) is 6.42 Å². The number of hydrogen-bond donors (Lipinski definition) is 2. The van der Waals surface area contributed by atoms with Crippen molar-refractivity contribution in [3.63, 3.8) is 0 Å². The number of hydrogen-bond acceptors (Lipinski definition) is 3. The molecule has 0 aliphatic carbocycles. The highest BCUT2D eigenvalue weighted by atomic mass is 16.5. The van der Waals surface area contributed by atoms with E-state index in [1.807, 2.05) is 0 Å². The number of carboxylic acid groups (broad SMARTS) is 1. The number of ether oxygens (including phenoxy) is 1. The van der Waals surface area contributed by atoms with Gasteiger partial charge in [0.25, 0.3) is 0 Å². The molecule has 82 valence electrons. The minimum Gasteiger partial charge on any atom is -0.481 e. The van der Waals surface area contributed by atoms with Crippen LogP contribution in [0.5, 0.6) is 0 Å². The van der Waals surface area contributed by atoms with Gasteiger partial charge in [0.15, 0.2) is 0 Å². The van der Waals surface area contributed by atoms with Gasteiger partial charge in [-0.2, -0.15) is 0 Å². The Labute approximate surface area is 83.9 Å². The zero-order valence-electron chi connectivity index (χ0n) is 8.64. The lowest BCUT2D eigenvalue weighted by molar-refractivity contribution is -0.146. The number of aliphatic hydroxyl groups excluding tert-OH is 1. The Kier molecular flexibility index (Phi) is 3.89. The molecule has 0 amide bonds. The first-order chi connectivity index (χ1) is 6.50. The van der Waals surface area contributed by atoms with E-state index in [4.69, 9.17) is 14.9 Å². The summed E-state index contributed by atoms with van der Waals surface area (Å²) in [5.74, 6) is -1.26. The fourth-order valence-corrected chi connectivity index (χ4v) is 1.81. The summed E-state index contributed by atoms with van der Waals surface area (Å²) in [4.78, 5) is 10.7. The molecule has 0 aromatic rings. The summed E-state index contributed by atoms with van der Waals surface area (Å²) in [6, 6.07) is 0. The Morgan fingerprint density at radius 3 is 2.64 bits per heavy atom. The quantitative estimate of drug-likeness (QED) is 0.714. The third kappa shape index (κ3) is 2.96. The van der Waals surface area contributed by atoms with E-state index in [1.54, 1.807) is 13.8 Å². The lowest BCUT2D eigenvalue weighted by Gasteiger charge is -2.17. The van der Waals surface area contributed by atoms with Crippen molar-refractivity contribution in [1.29, 1.82) is 0 Å². The van der Waals surface area contributed by atoms with Crippen LogP contribution in [0.15, 0.2) is 0 Å². The minimum atomic E-state index is -0.812. The van der Waals surface area contributed by atoms with Crippen LogP contribution in [0.25, 0.3) is 0 Å². The Hall–Kier alpha value is -0.610. The summed E-state index contributed by atoms with van der Waals surface area (Å²) in [5.41, 5.74) is 0. The second-order valence-electron chi connectivity index (χ2n) is 4.09. The van der Waals surface area contributed by atoms with Crippen molar-refractivity contribution in [3.8, 4) is 0 Å². The molecule has 0 radical (unpaired) electrons. The van der Waals surface area contributed by atoms with Gasteiger partial charge in [-0.3, -0.25) is 4.79 Å². The topological polar surface area (TPSA) is 66.8 Å². The van der Waals surface area contributed by atoms with Gasteiger partial charge >= 0.3 is 5.97 Å². The second kappa shape index (κ2) is 4.75. The van der Waals surface area contributed by atoms with E-state index in [2.05, 4.69) is 0 Å². The van der Waals surface area contributed by atoms with Gasteiger partial charge in [-0.1, -0.05) is 0 Å². The molecule has 0 aromatic carbocycles. The van der Waals surface area contributed by atoms with Crippen molar-refractivity contribution < 1.29 is 19.7 Å². The predicted molar refractivity (Wildman–Crippen MR) is 51.0 cm³/mol. The first kappa shape index (κ1) is 11.5. The zero-order chi connectivity index (χ0) is 10.7. The molecule has 1 aliphatic rings.